The van der Waals surface area contributed by atoms with Gasteiger partial charge < -0.3 is 10.5 Å². The molecule has 0 saturated carbocycles. The van der Waals surface area contributed by atoms with Gasteiger partial charge in [-0.15, -0.1) is 0 Å². The highest BCUT2D eigenvalue weighted by molar-refractivity contribution is 6.06. The van der Waals surface area contributed by atoms with E-state index in [1.807, 2.05) is 52.0 Å². The fourth-order valence-corrected chi connectivity index (χ4v) is 3.33. The third kappa shape index (κ3) is 5.55. The standard InChI is InChI=1S/C21H31N3O3/c1-14(2)12-21(6)18(26)24(19(22)23-21)13-16-9-7-15(8-10-16)11-17(25)27-20(3,4)5/h7-10,14H,11-13H2,1-6H3,(H2,22,23). The lowest BCUT2D eigenvalue weighted by Crippen LogP contribution is -2.43. The Morgan fingerprint density at radius 2 is 1.78 bits per heavy atom. The van der Waals surface area contributed by atoms with Crippen molar-refractivity contribution >= 4 is 17.8 Å². The van der Waals surface area contributed by atoms with Crippen LogP contribution in [-0.4, -0.2) is 33.9 Å². The zero-order chi connectivity index (χ0) is 20.4. The van der Waals surface area contributed by atoms with Gasteiger partial charge in [-0.1, -0.05) is 38.1 Å². The third-order valence-corrected chi connectivity index (χ3v) is 4.28. The van der Waals surface area contributed by atoms with E-state index in [4.69, 9.17) is 10.5 Å². The topological polar surface area (TPSA) is 85.0 Å². The highest BCUT2D eigenvalue weighted by Gasteiger charge is 2.43. The molecule has 1 aromatic rings. The first kappa shape index (κ1) is 20.9. The predicted octanol–water partition coefficient (Wildman–Crippen LogP) is 3.03. The Morgan fingerprint density at radius 1 is 1.22 bits per heavy atom. The maximum atomic E-state index is 12.8. The minimum atomic E-state index is -0.783. The normalized spacial score (nSPS) is 20.2. The van der Waals surface area contributed by atoms with E-state index in [9.17, 15) is 9.59 Å². The number of nitrogens with two attached hydrogens (primary N) is 1. The lowest BCUT2D eigenvalue weighted by Gasteiger charge is -2.23. The summed E-state index contributed by atoms with van der Waals surface area (Å²) in [6, 6.07) is 7.55. The average molecular weight is 373 g/mol. The number of esters is 1. The molecule has 0 saturated heterocycles. The number of amides is 1. The first-order valence-corrected chi connectivity index (χ1v) is 9.36. The SMILES string of the molecule is CC(C)CC1(C)N=C(N)N(Cc2ccc(CC(=O)OC(C)(C)C)cc2)C1=O. The van der Waals surface area contributed by atoms with Crippen LogP contribution >= 0.6 is 0 Å². The Kier molecular flexibility index (Phi) is 5.97. The Labute approximate surface area is 161 Å². The molecule has 0 aliphatic carbocycles. The summed E-state index contributed by atoms with van der Waals surface area (Å²) in [5, 5.41) is 0. The van der Waals surface area contributed by atoms with Crippen LogP contribution in [0.4, 0.5) is 0 Å². The van der Waals surface area contributed by atoms with Crippen molar-refractivity contribution in [2.24, 2.45) is 16.6 Å². The van der Waals surface area contributed by atoms with E-state index in [0.717, 1.165) is 11.1 Å². The highest BCUT2D eigenvalue weighted by atomic mass is 16.6. The van der Waals surface area contributed by atoms with Gasteiger partial charge in [0.15, 0.2) is 5.96 Å². The summed E-state index contributed by atoms with van der Waals surface area (Å²) in [5.74, 6) is 0.293. The molecule has 2 N–H and O–H groups in total. The van der Waals surface area contributed by atoms with E-state index >= 15 is 0 Å². The first-order valence-electron chi connectivity index (χ1n) is 9.36. The van der Waals surface area contributed by atoms with E-state index < -0.39 is 11.1 Å². The van der Waals surface area contributed by atoms with E-state index in [2.05, 4.69) is 18.8 Å². The van der Waals surface area contributed by atoms with Crippen LogP contribution in [0, 0.1) is 5.92 Å². The number of carbonyl (C=O) groups is 2. The number of aliphatic imine (C=N–C) groups is 1. The summed E-state index contributed by atoms with van der Waals surface area (Å²) in [6.07, 6.45) is 0.883. The van der Waals surface area contributed by atoms with Gasteiger partial charge in [-0.25, -0.2) is 4.99 Å². The van der Waals surface area contributed by atoms with Gasteiger partial charge in [0.2, 0.25) is 0 Å². The Balaban J connectivity index is 2.02. The van der Waals surface area contributed by atoms with Gasteiger partial charge in [-0.3, -0.25) is 14.5 Å². The van der Waals surface area contributed by atoms with Gasteiger partial charge >= 0.3 is 5.97 Å². The molecular formula is C21H31N3O3. The van der Waals surface area contributed by atoms with E-state index in [1.165, 1.54) is 4.90 Å². The van der Waals surface area contributed by atoms with Crippen LogP contribution < -0.4 is 5.73 Å². The predicted molar refractivity (Wildman–Crippen MR) is 106 cm³/mol. The molecule has 1 aliphatic heterocycles. The lowest BCUT2D eigenvalue weighted by atomic mass is 9.91. The van der Waals surface area contributed by atoms with E-state index in [1.54, 1.807) is 0 Å². The van der Waals surface area contributed by atoms with Crippen molar-refractivity contribution in [3.63, 3.8) is 0 Å². The number of guanidine groups is 1. The molecule has 0 fully saturated rings. The molecule has 2 rings (SSSR count). The van der Waals surface area contributed by atoms with E-state index in [-0.39, 0.29) is 24.3 Å². The summed E-state index contributed by atoms with van der Waals surface area (Å²) in [7, 11) is 0. The summed E-state index contributed by atoms with van der Waals surface area (Å²) < 4.78 is 5.34. The summed E-state index contributed by atoms with van der Waals surface area (Å²) in [5.41, 5.74) is 6.54. The monoisotopic (exact) mass is 373 g/mol. The third-order valence-electron chi connectivity index (χ3n) is 4.28. The number of rotatable bonds is 6. The fourth-order valence-electron chi connectivity index (χ4n) is 3.33. The van der Waals surface area contributed by atoms with Gasteiger partial charge in [-0.05, 0) is 51.2 Å². The second-order valence-electron chi connectivity index (χ2n) is 8.81. The van der Waals surface area contributed by atoms with Crippen LogP contribution in [0.1, 0.15) is 59.1 Å². The van der Waals surface area contributed by atoms with Crippen LogP contribution in [0.3, 0.4) is 0 Å². The molecule has 1 aromatic carbocycles. The van der Waals surface area contributed by atoms with Crippen molar-refractivity contribution in [3.05, 3.63) is 35.4 Å². The molecule has 1 heterocycles. The Bertz CT molecular complexity index is 732. The molecule has 0 spiro atoms. The van der Waals surface area contributed by atoms with Crippen LogP contribution in [0.2, 0.25) is 0 Å². The largest absolute Gasteiger partial charge is 0.460 e. The highest BCUT2D eigenvalue weighted by Crippen LogP contribution is 2.29. The minimum Gasteiger partial charge on any atom is -0.460 e. The maximum Gasteiger partial charge on any atom is 0.310 e. The molecule has 148 valence electrons. The quantitative estimate of drug-likeness (QED) is 0.777. The number of benzene rings is 1. The summed E-state index contributed by atoms with van der Waals surface area (Å²) in [4.78, 5) is 30.7. The molecule has 1 atom stereocenters. The minimum absolute atomic E-state index is 0.0634. The van der Waals surface area contributed by atoms with Gasteiger partial charge in [0.05, 0.1) is 13.0 Å². The number of hydrogen-bond acceptors (Lipinski definition) is 5. The Hall–Kier alpha value is -2.37. The number of nitrogens with zero attached hydrogens (tertiary/aromatic N) is 2. The number of ether oxygens (including phenoxy) is 1. The average Bonchev–Trinajstić information content (AvgIpc) is 2.69. The van der Waals surface area contributed by atoms with Gasteiger partial charge in [0.1, 0.15) is 11.1 Å². The molecule has 6 heteroatoms. The Morgan fingerprint density at radius 3 is 2.30 bits per heavy atom. The second-order valence-corrected chi connectivity index (χ2v) is 8.81. The smallest absolute Gasteiger partial charge is 0.310 e. The molecule has 1 amide bonds. The molecular weight excluding hydrogens is 342 g/mol. The lowest BCUT2D eigenvalue weighted by molar-refractivity contribution is -0.153. The molecule has 0 aromatic heterocycles. The molecule has 1 aliphatic rings. The summed E-state index contributed by atoms with van der Waals surface area (Å²) in [6.45, 7) is 11.9. The molecule has 6 nitrogen and oxygen atoms in total. The van der Waals surface area contributed by atoms with Gasteiger partial charge in [0, 0.05) is 0 Å². The van der Waals surface area contributed by atoms with E-state index in [0.29, 0.717) is 18.9 Å². The van der Waals surface area contributed by atoms with Crippen molar-refractivity contribution < 1.29 is 14.3 Å². The fraction of sp³-hybridized carbons (Fsp3) is 0.571. The molecule has 27 heavy (non-hydrogen) atoms. The van der Waals surface area contributed by atoms with Crippen LogP contribution in [0.15, 0.2) is 29.3 Å². The first-order chi connectivity index (χ1) is 12.4. The van der Waals surface area contributed by atoms with Gasteiger partial charge in [0.25, 0.3) is 5.91 Å². The molecule has 0 radical (unpaired) electrons. The van der Waals surface area contributed by atoms with Crippen molar-refractivity contribution in [2.45, 2.75) is 72.1 Å². The number of hydrogen-bond donors (Lipinski definition) is 1. The zero-order valence-electron chi connectivity index (χ0n) is 17.2. The van der Waals surface area contributed by atoms with Gasteiger partial charge in [-0.2, -0.15) is 0 Å². The van der Waals surface area contributed by atoms with Crippen LogP contribution in [0.25, 0.3) is 0 Å². The zero-order valence-corrected chi connectivity index (χ0v) is 17.2. The van der Waals surface area contributed by atoms with Crippen molar-refractivity contribution in [3.8, 4) is 0 Å². The maximum absolute atomic E-state index is 12.8. The van der Waals surface area contributed by atoms with Crippen LogP contribution in [-0.2, 0) is 27.3 Å². The van der Waals surface area contributed by atoms with Crippen molar-refractivity contribution in [1.29, 1.82) is 0 Å². The van der Waals surface area contributed by atoms with Crippen molar-refractivity contribution in [1.82, 2.24) is 4.90 Å². The second kappa shape index (κ2) is 7.71. The number of carbonyl (C=O) groups excluding carboxylic acids is 2. The summed E-state index contributed by atoms with van der Waals surface area (Å²) >= 11 is 0. The molecule has 1 unspecified atom stereocenters. The molecule has 0 bridgehead atoms. The van der Waals surface area contributed by atoms with Crippen molar-refractivity contribution in [2.75, 3.05) is 0 Å². The van der Waals surface area contributed by atoms with Crippen LogP contribution in [0.5, 0.6) is 0 Å².